The summed E-state index contributed by atoms with van der Waals surface area (Å²) >= 11 is 0. The van der Waals surface area contributed by atoms with Gasteiger partial charge in [0.25, 0.3) is 0 Å². The molecule has 0 fully saturated rings. The van der Waals surface area contributed by atoms with Crippen LogP contribution in [-0.4, -0.2) is 5.97 Å². The van der Waals surface area contributed by atoms with Gasteiger partial charge >= 0.3 is 5.97 Å². The molecule has 0 aromatic heterocycles. The minimum absolute atomic E-state index is 0.0610. The van der Waals surface area contributed by atoms with Gasteiger partial charge in [-0.1, -0.05) is 37.3 Å². The van der Waals surface area contributed by atoms with Crippen molar-refractivity contribution in [3.63, 3.8) is 0 Å². The Morgan fingerprint density at radius 3 is 2.60 bits per heavy atom. The fourth-order valence-corrected chi connectivity index (χ4v) is 1.08. The number of hydrogen-bond donors (Lipinski definition) is 0. The number of hydrogen-bond acceptors (Lipinski definition) is 2. The van der Waals surface area contributed by atoms with Crippen LogP contribution in [0, 0.1) is 0 Å². The van der Waals surface area contributed by atoms with E-state index in [1.807, 2.05) is 30.3 Å². The maximum absolute atomic E-state index is 12.2. The Hall–Kier alpha value is -1.64. The molecule has 80 valence electrons. The highest BCUT2D eigenvalue weighted by Crippen LogP contribution is 2.07. The molecule has 0 saturated heterocycles. The van der Waals surface area contributed by atoms with Crippen LogP contribution in [0.25, 0.3) is 0 Å². The van der Waals surface area contributed by atoms with Gasteiger partial charge in [0.1, 0.15) is 6.61 Å². The molecule has 0 unspecified atom stereocenters. The van der Waals surface area contributed by atoms with Gasteiger partial charge in [-0.25, -0.2) is 9.18 Å². The summed E-state index contributed by atoms with van der Waals surface area (Å²) in [6.07, 6.45) is 0.636. The number of ether oxygens (including phenoxy) is 1. The summed E-state index contributed by atoms with van der Waals surface area (Å²) in [5.74, 6) is -0.594. The first-order valence-corrected chi connectivity index (χ1v) is 4.78. The number of carbonyl (C=O) groups excluding carboxylic acids is 1. The Balaban J connectivity index is 2.48. The molecule has 1 aromatic rings. The summed E-state index contributed by atoms with van der Waals surface area (Å²) < 4.78 is 17.1. The zero-order valence-electron chi connectivity index (χ0n) is 8.57. The quantitative estimate of drug-likeness (QED) is 0.561. The van der Waals surface area contributed by atoms with E-state index in [0.29, 0.717) is 12.8 Å². The molecule has 0 bridgehead atoms. The minimum atomic E-state index is -0.594. The maximum atomic E-state index is 12.2. The molecule has 0 atom stereocenters. The lowest BCUT2D eigenvalue weighted by Gasteiger charge is -2.05. The molecule has 0 amide bonds. The van der Waals surface area contributed by atoms with Crippen LogP contribution in [-0.2, 0) is 16.1 Å². The molecule has 0 saturated carbocycles. The molecule has 15 heavy (non-hydrogen) atoms. The highest BCUT2D eigenvalue weighted by molar-refractivity contribution is 5.87. The summed E-state index contributed by atoms with van der Waals surface area (Å²) in [6, 6.07) is 9.28. The van der Waals surface area contributed by atoms with E-state index < -0.39 is 5.97 Å². The van der Waals surface area contributed by atoms with Gasteiger partial charge in [0.15, 0.2) is 0 Å². The van der Waals surface area contributed by atoms with Gasteiger partial charge in [-0.2, -0.15) is 0 Å². The molecule has 0 aliphatic rings. The maximum Gasteiger partial charge on any atom is 0.336 e. The van der Waals surface area contributed by atoms with Crippen LogP contribution in [0.2, 0.25) is 0 Å². The van der Waals surface area contributed by atoms with Gasteiger partial charge < -0.3 is 4.74 Å². The second-order valence-electron chi connectivity index (χ2n) is 3.05. The second kappa shape index (κ2) is 5.96. The average Bonchev–Trinajstić information content (AvgIpc) is 2.29. The number of rotatable bonds is 4. The van der Waals surface area contributed by atoms with Gasteiger partial charge in [-0.3, -0.25) is 0 Å². The Bertz CT molecular complexity index is 344. The fraction of sp³-hybridized carbons (Fsp3) is 0.250. The minimum Gasteiger partial charge on any atom is -0.457 e. The van der Waals surface area contributed by atoms with E-state index in [1.54, 1.807) is 6.92 Å². The fourth-order valence-electron chi connectivity index (χ4n) is 1.08. The summed E-state index contributed by atoms with van der Waals surface area (Å²) in [4.78, 5) is 11.2. The predicted octanol–water partition coefficient (Wildman–Crippen LogP) is 2.99. The highest BCUT2D eigenvalue weighted by Gasteiger charge is 2.08. The third-order valence-electron chi connectivity index (χ3n) is 1.99. The lowest BCUT2D eigenvalue weighted by atomic mass is 10.2. The average molecular weight is 208 g/mol. The van der Waals surface area contributed by atoms with Gasteiger partial charge in [0.05, 0.1) is 11.9 Å². The van der Waals surface area contributed by atoms with Gasteiger partial charge in [-0.15, -0.1) is 0 Å². The molecule has 0 spiro atoms. The molecule has 1 rings (SSSR count). The number of benzene rings is 1. The van der Waals surface area contributed by atoms with E-state index in [2.05, 4.69) is 0 Å². The molecule has 0 aliphatic carbocycles. The van der Waals surface area contributed by atoms with Crippen molar-refractivity contribution < 1.29 is 13.9 Å². The van der Waals surface area contributed by atoms with Crippen molar-refractivity contribution in [3.8, 4) is 0 Å². The standard InChI is InChI=1S/C12H13FO2/c1-2-11(8-13)12(14)15-9-10-6-4-3-5-7-10/h3-8H,2,9H2,1H3. The zero-order valence-corrected chi connectivity index (χ0v) is 8.57. The Labute approximate surface area is 88.4 Å². The monoisotopic (exact) mass is 208 g/mol. The predicted molar refractivity (Wildman–Crippen MR) is 55.7 cm³/mol. The normalized spacial score (nSPS) is 11.2. The summed E-state index contributed by atoms with van der Waals surface area (Å²) in [5.41, 5.74) is 0.950. The molecule has 3 heteroatoms. The van der Waals surface area contributed by atoms with E-state index >= 15 is 0 Å². The van der Waals surface area contributed by atoms with E-state index in [0.717, 1.165) is 5.56 Å². The van der Waals surface area contributed by atoms with Crippen LogP contribution in [0.1, 0.15) is 18.9 Å². The Kier molecular flexibility index (Phi) is 4.54. The van der Waals surface area contributed by atoms with Gasteiger partial charge in [-0.05, 0) is 12.0 Å². The van der Waals surface area contributed by atoms with Crippen molar-refractivity contribution in [2.75, 3.05) is 0 Å². The zero-order chi connectivity index (χ0) is 11.1. The van der Waals surface area contributed by atoms with Crippen molar-refractivity contribution in [1.29, 1.82) is 0 Å². The van der Waals surface area contributed by atoms with Crippen LogP contribution in [0.15, 0.2) is 42.2 Å². The van der Waals surface area contributed by atoms with Crippen LogP contribution in [0.3, 0.4) is 0 Å². The lowest BCUT2D eigenvalue weighted by molar-refractivity contribution is -0.140. The first-order chi connectivity index (χ1) is 7.27. The number of carbonyl (C=O) groups is 1. The smallest absolute Gasteiger partial charge is 0.336 e. The first-order valence-electron chi connectivity index (χ1n) is 4.78. The molecule has 2 nitrogen and oxygen atoms in total. The molecular formula is C12H13FO2. The topological polar surface area (TPSA) is 26.3 Å². The van der Waals surface area contributed by atoms with Crippen LogP contribution < -0.4 is 0 Å². The number of esters is 1. The first kappa shape index (κ1) is 11.4. The SMILES string of the molecule is CCC(=CF)C(=O)OCc1ccccc1. The summed E-state index contributed by atoms with van der Waals surface area (Å²) in [7, 11) is 0. The van der Waals surface area contributed by atoms with E-state index in [1.165, 1.54) is 0 Å². The second-order valence-corrected chi connectivity index (χ2v) is 3.05. The molecule has 0 heterocycles. The van der Waals surface area contributed by atoms with Crippen molar-refractivity contribution in [2.45, 2.75) is 20.0 Å². The van der Waals surface area contributed by atoms with Gasteiger partial charge in [0.2, 0.25) is 0 Å². The van der Waals surface area contributed by atoms with E-state index in [-0.39, 0.29) is 12.2 Å². The van der Waals surface area contributed by atoms with Crippen molar-refractivity contribution >= 4 is 5.97 Å². The molecule has 0 radical (unpaired) electrons. The summed E-state index contributed by atoms with van der Waals surface area (Å²) in [6.45, 7) is 1.88. The molecule has 0 aliphatic heterocycles. The number of halogens is 1. The van der Waals surface area contributed by atoms with Crippen LogP contribution in [0.4, 0.5) is 4.39 Å². The third-order valence-corrected chi connectivity index (χ3v) is 1.99. The molecular weight excluding hydrogens is 195 g/mol. The van der Waals surface area contributed by atoms with Crippen molar-refractivity contribution in [2.24, 2.45) is 0 Å². The Morgan fingerprint density at radius 1 is 1.40 bits per heavy atom. The third kappa shape index (κ3) is 3.54. The van der Waals surface area contributed by atoms with Crippen molar-refractivity contribution in [1.82, 2.24) is 0 Å². The van der Waals surface area contributed by atoms with Gasteiger partial charge in [0, 0.05) is 0 Å². The Morgan fingerprint density at radius 2 is 2.07 bits per heavy atom. The molecule has 1 aromatic carbocycles. The lowest BCUT2D eigenvalue weighted by Crippen LogP contribution is -2.07. The molecule has 0 N–H and O–H groups in total. The van der Waals surface area contributed by atoms with E-state index in [9.17, 15) is 9.18 Å². The van der Waals surface area contributed by atoms with Crippen LogP contribution >= 0.6 is 0 Å². The van der Waals surface area contributed by atoms with Crippen LogP contribution in [0.5, 0.6) is 0 Å². The summed E-state index contributed by atoms with van der Waals surface area (Å²) in [5, 5.41) is 0. The largest absolute Gasteiger partial charge is 0.457 e. The van der Waals surface area contributed by atoms with Crippen molar-refractivity contribution in [3.05, 3.63) is 47.8 Å². The highest BCUT2D eigenvalue weighted by atomic mass is 19.1. The van der Waals surface area contributed by atoms with E-state index in [4.69, 9.17) is 4.74 Å².